The molecule has 0 bridgehead atoms. The van der Waals surface area contributed by atoms with E-state index in [-0.39, 0.29) is 10.6 Å². The van der Waals surface area contributed by atoms with Crippen molar-refractivity contribution in [2.24, 2.45) is 7.05 Å². The highest BCUT2D eigenvalue weighted by Gasteiger charge is 2.25. The van der Waals surface area contributed by atoms with Crippen LogP contribution < -0.4 is 0 Å². The first kappa shape index (κ1) is 14.0. The average Bonchev–Trinajstić information content (AvgIpc) is 2.92. The molecule has 2 aromatic carbocycles. The van der Waals surface area contributed by atoms with Gasteiger partial charge >= 0.3 is 0 Å². The van der Waals surface area contributed by atoms with Gasteiger partial charge in [0.05, 0.1) is 22.0 Å². The van der Waals surface area contributed by atoms with Crippen molar-refractivity contribution in [3.8, 4) is 11.1 Å². The SMILES string of the molecule is Cn1cc([N+](=O)[O-])c2cc(-c3ccccc3)c3c(c21)CCCC3. The summed E-state index contributed by atoms with van der Waals surface area (Å²) >= 11 is 0. The lowest BCUT2D eigenvalue weighted by Crippen LogP contribution is -2.07. The average molecular weight is 306 g/mol. The summed E-state index contributed by atoms with van der Waals surface area (Å²) in [7, 11) is 1.91. The summed E-state index contributed by atoms with van der Waals surface area (Å²) < 4.78 is 1.92. The van der Waals surface area contributed by atoms with E-state index >= 15 is 0 Å². The molecule has 1 heterocycles. The lowest BCUT2D eigenvalue weighted by molar-refractivity contribution is -0.383. The first-order valence-corrected chi connectivity index (χ1v) is 8.00. The van der Waals surface area contributed by atoms with Crippen molar-refractivity contribution in [2.75, 3.05) is 0 Å². The van der Waals surface area contributed by atoms with Crippen LogP contribution in [0.15, 0.2) is 42.6 Å². The van der Waals surface area contributed by atoms with Crippen LogP contribution in [0, 0.1) is 10.1 Å². The highest BCUT2D eigenvalue weighted by atomic mass is 16.6. The Labute approximate surface area is 134 Å². The second-order valence-electron chi connectivity index (χ2n) is 6.23. The normalized spacial score (nSPS) is 14.0. The standard InChI is InChI=1S/C19H18N2O2/c1-20-12-18(21(22)23)17-11-16(13-7-3-2-4-8-13)14-9-5-6-10-15(14)19(17)20/h2-4,7-8,11-12H,5-6,9-10H2,1H3. The quantitative estimate of drug-likeness (QED) is 0.512. The number of nitrogens with zero attached hydrogens (tertiary/aromatic N) is 2. The number of hydrogen-bond donors (Lipinski definition) is 0. The Morgan fingerprint density at radius 2 is 1.78 bits per heavy atom. The molecule has 0 aliphatic heterocycles. The van der Waals surface area contributed by atoms with Crippen LogP contribution in [-0.2, 0) is 19.9 Å². The van der Waals surface area contributed by atoms with E-state index in [9.17, 15) is 10.1 Å². The predicted molar refractivity (Wildman–Crippen MR) is 91.7 cm³/mol. The molecule has 116 valence electrons. The highest BCUT2D eigenvalue weighted by molar-refractivity contribution is 5.97. The second kappa shape index (κ2) is 5.23. The van der Waals surface area contributed by atoms with E-state index in [2.05, 4.69) is 12.1 Å². The van der Waals surface area contributed by atoms with Gasteiger partial charge in [0.25, 0.3) is 5.69 Å². The summed E-state index contributed by atoms with van der Waals surface area (Å²) in [6.45, 7) is 0. The highest BCUT2D eigenvalue weighted by Crippen LogP contribution is 2.40. The van der Waals surface area contributed by atoms with E-state index in [0.717, 1.165) is 41.3 Å². The van der Waals surface area contributed by atoms with E-state index in [1.807, 2.05) is 35.9 Å². The van der Waals surface area contributed by atoms with Crippen molar-refractivity contribution in [3.63, 3.8) is 0 Å². The van der Waals surface area contributed by atoms with Gasteiger partial charge in [0.2, 0.25) is 0 Å². The molecule has 1 aromatic heterocycles. The van der Waals surface area contributed by atoms with Crippen molar-refractivity contribution in [3.05, 3.63) is 63.8 Å². The van der Waals surface area contributed by atoms with Crippen LogP contribution in [-0.4, -0.2) is 9.49 Å². The number of aryl methyl sites for hydroxylation is 2. The molecular formula is C19H18N2O2. The number of fused-ring (bicyclic) bond motifs is 3. The Hall–Kier alpha value is -2.62. The number of rotatable bonds is 2. The van der Waals surface area contributed by atoms with Crippen molar-refractivity contribution in [2.45, 2.75) is 25.7 Å². The molecule has 3 aromatic rings. The molecule has 1 aliphatic carbocycles. The summed E-state index contributed by atoms with van der Waals surface area (Å²) in [5.74, 6) is 0. The van der Waals surface area contributed by atoms with Gasteiger partial charge < -0.3 is 4.57 Å². The minimum atomic E-state index is -0.272. The first-order valence-electron chi connectivity index (χ1n) is 8.00. The zero-order valence-corrected chi connectivity index (χ0v) is 13.1. The van der Waals surface area contributed by atoms with E-state index in [4.69, 9.17) is 0 Å². The smallest absolute Gasteiger partial charge is 0.294 e. The van der Waals surface area contributed by atoms with Gasteiger partial charge in [-0.2, -0.15) is 0 Å². The maximum atomic E-state index is 11.4. The first-order chi connectivity index (χ1) is 11.2. The van der Waals surface area contributed by atoms with E-state index in [1.165, 1.54) is 17.5 Å². The molecule has 4 rings (SSSR count). The number of aromatic nitrogens is 1. The van der Waals surface area contributed by atoms with E-state index < -0.39 is 0 Å². The third-order valence-corrected chi connectivity index (χ3v) is 4.85. The van der Waals surface area contributed by atoms with Gasteiger partial charge in [-0.05, 0) is 54.0 Å². The van der Waals surface area contributed by atoms with Gasteiger partial charge in [-0.1, -0.05) is 30.3 Å². The molecule has 0 spiro atoms. The molecule has 0 radical (unpaired) electrons. The fraction of sp³-hybridized carbons (Fsp3) is 0.263. The molecule has 0 saturated carbocycles. The zero-order chi connectivity index (χ0) is 16.0. The second-order valence-corrected chi connectivity index (χ2v) is 6.23. The maximum Gasteiger partial charge on any atom is 0.294 e. The van der Waals surface area contributed by atoms with Crippen molar-refractivity contribution in [1.82, 2.24) is 4.57 Å². The summed E-state index contributed by atoms with van der Waals surface area (Å²) in [6, 6.07) is 12.2. The lowest BCUT2D eigenvalue weighted by Gasteiger charge is -2.21. The van der Waals surface area contributed by atoms with Crippen LogP contribution in [0.4, 0.5) is 5.69 Å². The molecule has 1 aliphatic rings. The molecule has 23 heavy (non-hydrogen) atoms. The molecule has 0 fully saturated rings. The zero-order valence-electron chi connectivity index (χ0n) is 13.1. The third-order valence-electron chi connectivity index (χ3n) is 4.85. The molecule has 4 nitrogen and oxygen atoms in total. The molecule has 0 amide bonds. The largest absolute Gasteiger partial charge is 0.344 e. The van der Waals surface area contributed by atoms with Gasteiger partial charge in [-0.3, -0.25) is 10.1 Å². The minimum Gasteiger partial charge on any atom is -0.344 e. The van der Waals surface area contributed by atoms with Crippen LogP contribution in [0.5, 0.6) is 0 Å². The van der Waals surface area contributed by atoms with Crippen LogP contribution in [0.1, 0.15) is 24.0 Å². The van der Waals surface area contributed by atoms with Gasteiger partial charge in [0, 0.05) is 7.05 Å². The molecule has 0 unspecified atom stereocenters. The Bertz CT molecular complexity index is 910. The van der Waals surface area contributed by atoms with Crippen molar-refractivity contribution >= 4 is 16.6 Å². The fourth-order valence-corrected chi connectivity index (χ4v) is 3.86. The van der Waals surface area contributed by atoms with Crippen LogP contribution in [0.2, 0.25) is 0 Å². The van der Waals surface area contributed by atoms with Crippen molar-refractivity contribution in [1.29, 1.82) is 0 Å². The van der Waals surface area contributed by atoms with E-state index in [1.54, 1.807) is 6.20 Å². The van der Waals surface area contributed by atoms with Crippen LogP contribution in [0.3, 0.4) is 0 Å². The number of benzene rings is 2. The summed E-state index contributed by atoms with van der Waals surface area (Å²) in [5, 5.41) is 12.2. The van der Waals surface area contributed by atoms with Crippen LogP contribution >= 0.6 is 0 Å². The number of nitro groups is 1. The maximum absolute atomic E-state index is 11.4. The predicted octanol–water partition coefficient (Wildman–Crippen LogP) is 4.63. The Morgan fingerprint density at radius 3 is 2.48 bits per heavy atom. The molecule has 0 atom stereocenters. The summed E-state index contributed by atoms with van der Waals surface area (Å²) in [6.07, 6.45) is 6.04. The summed E-state index contributed by atoms with van der Waals surface area (Å²) in [5.41, 5.74) is 6.20. The monoisotopic (exact) mass is 306 g/mol. The van der Waals surface area contributed by atoms with Gasteiger partial charge in [-0.25, -0.2) is 0 Å². The Kier molecular flexibility index (Phi) is 3.18. The van der Waals surface area contributed by atoms with Gasteiger partial charge in [0.1, 0.15) is 0 Å². The minimum absolute atomic E-state index is 0.202. The van der Waals surface area contributed by atoms with Crippen molar-refractivity contribution < 1.29 is 4.92 Å². The van der Waals surface area contributed by atoms with Crippen LogP contribution in [0.25, 0.3) is 22.0 Å². The molecule has 0 N–H and O–H groups in total. The third kappa shape index (κ3) is 2.13. The Balaban J connectivity index is 2.11. The van der Waals surface area contributed by atoms with Gasteiger partial charge in [0.15, 0.2) is 0 Å². The molecule has 0 saturated heterocycles. The lowest BCUT2D eigenvalue weighted by atomic mass is 9.84. The van der Waals surface area contributed by atoms with Gasteiger partial charge in [-0.15, -0.1) is 0 Å². The summed E-state index contributed by atoms with van der Waals surface area (Å²) in [4.78, 5) is 11.2. The fourth-order valence-electron chi connectivity index (χ4n) is 3.86. The molecule has 4 heteroatoms. The topological polar surface area (TPSA) is 48.1 Å². The number of hydrogen-bond acceptors (Lipinski definition) is 2. The Morgan fingerprint density at radius 1 is 1.09 bits per heavy atom. The van der Waals surface area contributed by atoms with E-state index in [0.29, 0.717) is 0 Å². The molecular weight excluding hydrogens is 288 g/mol.